The van der Waals surface area contributed by atoms with Gasteiger partial charge in [0.05, 0.1) is 12.7 Å². The molecule has 0 aromatic rings. The fourth-order valence-electron chi connectivity index (χ4n) is 4.56. The van der Waals surface area contributed by atoms with E-state index in [4.69, 9.17) is 10.5 Å². The van der Waals surface area contributed by atoms with Crippen molar-refractivity contribution in [3.63, 3.8) is 0 Å². The Hall–Kier alpha value is -1.10. The summed E-state index contributed by atoms with van der Waals surface area (Å²) in [4.78, 5) is 19.0. The molecule has 2 aliphatic carbocycles. The summed E-state index contributed by atoms with van der Waals surface area (Å²) in [5.74, 6) is 1.74. The Kier molecular flexibility index (Phi) is 5.48. The van der Waals surface area contributed by atoms with E-state index in [2.05, 4.69) is 11.9 Å². The highest BCUT2D eigenvalue weighted by molar-refractivity contribution is 6.06. The van der Waals surface area contributed by atoms with E-state index >= 15 is 0 Å². The van der Waals surface area contributed by atoms with Crippen LogP contribution in [0.4, 0.5) is 0 Å². The second-order valence-corrected chi connectivity index (χ2v) is 8.27. The molecule has 2 saturated carbocycles. The summed E-state index contributed by atoms with van der Waals surface area (Å²) in [6.45, 7) is 2.70. The van der Waals surface area contributed by atoms with Crippen molar-refractivity contribution in [2.75, 3.05) is 13.7 Å². The number of nitrogens with zero attached hydrogens (tertiary/aromatic N) is 2. The van der Waals surface area contributed by atoms with E-state index in [-0.39, 0.29) is 12.0 Å². The SMILES string of the molecule is CC1CCC(OCC2(CC3CCCCC3)N=C(N)N(C)C2=O)CC1. The predicted octanol–water partition coefficient (Wildman–Crippen LogP) is 3.08. The van der Waals surface area contributed by atoms with Crippen LogP contribution < -0.4 is 5.73 Å². The van der Waals surface area contributed by atoms with Crippen molar-refractivity contribution in [3.05, 3.63) is 0 Å². The van der Waals surface area contributed by atoms with Gasteiger partial charge in [0.1, 0.15) is 0 Å². The lowest BCUT2D eigenvalue weighted by Crippen LogP contribution is -2.47. The lowest BCUT2D eigenvalue weighted by molar-refractivity contribution is -0.134. The van der Waals surface area contributed by atoms with E-state index in [1.165, 1.54) is 49.8 Å². The molecule has 2 N–H and O–H groups in total. The number of aliphatic imine (C=N–C) groups is 1. The number of carbonyl (C=O) groups excluding carboxylic acids is 1. The molecule has 0 bridgehead atoms. The molecule has 136 valence electrons. The van der Waals surface area contributed by atoms with Crippen LogP contribution in [0.2, 0.25) is 0 Å². The lowest BCUT2D eigenvalue weighted by atomic mass is 9.79. The average molecular weight is 335 g/mol. The minimum absolute atomic E-state index is 0.0229. The Balaban J connectivity index is 1.67. The maximum absolute atomic E-state index is 12.9. The highest BCUT2D eigenvalue weighted by Crippen LogP contribution is 2.36. The molecule has 3 aliphatic rings. The summed E-state index contributed by atoms with van der Waals surface area (Å²) in [6.07, 6.45) is 12.0. The molecule has 1 heterocycles. The van der Waals surface area contributed by atoms with Crippen molar-refractivity contribution in [3.8, 4) is 0 Å². The Morgan fingerprint density at radius 2 is 1.83 bits per heavy atom. The summed E-state index contributed by atoms with van der Waals surface area (Å²) in [5.41, 5.74) is 5.20. The van der Waals surface area contributed by atoms with Crippen molar-refractivity contribution >= 4 is 11.9 Å². The van der Waals surface area contributed by atoms with Crippen LogP contribution in [0, 0.1) is 11.8 Å². The van der Waals surface area contributed by atoms with Crippen molar-refractivity contribution in [2.24, 2.45) is 22.6 Å². The van der Waals surface area contributed by atoms with Crippen molar-refractivity contribution in [1.82, 2.24) is 4.90 Å². The molecule has 0 aromatic heterocycles. The molecule has 1 atom stereocenters. The van der Waals surface area contributed by atoms with Gasteiger partial charge in [0.2, 0.25) is 0 Å². The molecule has 0 spiro atoms. The molecule has 1 unspecified atom stereocenters. The number of likely N-dealkylation sites (N-methyl/N-ethyl adjacent to an activating group) is 1. The van der Waals surface area contributed by atoms with Crippen LogP contribution in [0.25, 0.3) is 0 Å². The molecule has 1 amide bonds. The first-order valence-corrected chi connectivity index (χ1v) is 9.75. The van der Waals surface area contributed by atoms with Crippen molar-refractivity contribution in [2.45, 2.75) is 82.8 Å². The second kappa shape index (κ2) is 7.42. The quantitative estimate of drug-likeness (QED) is 0.839. The fraction of sp³-hybridized carbons (Fsp3) is 0.895. The zero-order valence-corrected chi connectivity index (χ0v) is 15.3. The molecule has 0 radical (unpaired) electrons. The minimum atomic E-state index is -0.774. The van der Waals surface area contributed by atoms with Gasteiger partial charge in [-0.25, -0.2) is 4.99 Å². The number of amides is 1. The van der Waals surface area contributed by atoms with Gasteiger partial charge in [0.25, 0.3) is 5.91 Å². The summed E-state index contributed by atoms with van der Waals surface area (Å²) in [6, 6.07) is 0. The van der Waals surface area contributed by atoms with Gasteiger partial charge in [-0.3, -0.25) is 9.69 Å². The molecule has 24 heavy (non-hydrogen) atoms. The van der Waals surface area contributed by atoms with Gasteiger partial charge in [-0.05, 0) is 43.9 Å². The van der Waals surface area contributed by atoms with Gasteiger partial charge in [-0.2, -0.15) is 0 Å². The maximum Gasteiger partial charge on any atom is 0.259 e. The highest BCUT2D eigenvalue weighted by Gasteiger charge is 2.48. The van der Waals surface area contributed by atoms with Gasteiger partial charge < -0.3 is 10.5 Å². The third-order valence-electron chi connectivity index (χ3n) is 6.25. The van der Waals surface area contributed by atoms with Crippen LogP contribution in [0.1, 0.15) is 71.1 Å². The molecule has 5 nitrogen and oxygen atoms in total. The predicted molar refractivity (Wildman–Crippen MR) is 95.7 cm³/mol. The number of carbonyl (C=O) groups is 1. The van der Waals surface area contributed by atoms with E-state index in [0.717, 1.165) is 25.2 Å². The number of guanidine groups is 1. The molecule has 0 saturated heterocycles. The molecule has 1 aliphatic heterocycles. The van der Waals surface area contributed by atoms with E-state index < -0.39 is 5.54 Å². The van der Waals surface area contributed by atoms with Crippen LogP contribution in [0.15, 0.2) is 4.99 Å². The molecule has 0 aromatic carbocycles. The number of rotatable bonds is 5. The summed E-state index contributed by atoms with van der Waals surface area (Å²) < 4.78 is 6.22. The second-order valence-electron chi connectivity index (χ2n) is 8.27. The minimum Gasteiger partial charge on any atom is -0.375 e. The van der Waals surface area contributed by atoms with Gasteiger partial charge in [-0.1, -0.05) is 39.0 Å². The Labute approximate surface area is 146 Å². The molecule has 2 fully saturated rings. The van der Waals surface area contributed by atoms with Gasteiger partial charge >= 0.3 is 0 Å². The van der Waals surface area contributed by atoms with Crippen LogP contribution in [0.5, 0.6) is 0 Å². The van der Waals surface area contributed by atoms with Gasteiger partial charge in [-0.15, -0.1) is 0 Å². The monoisotopic (exact) mass is 335 g/mol. The molecule has 5 heteroatoms. The summed E-state index contributed by atoms with van der Waals surface area (Å²) in [7, 11) is 1.73. The normalized spacial score (nSPS) is 35.3. The van der Waals surface area contributed by atoms with E-state index in [1.54, 1.807) is 7.05 Å². The third kappa shape index (κ3) is 3.76. The molecular weight excluding hydrogens is 302 g/mol. The van der Waals surface area contributed by atoms with Gasteiger partial charge in [0, 0.05) is 7.05 Å². The van der Waals surface area contributed by atoms with E-state index in [9.17, 15) is 4.79 Å². The smallest absolute Gasteiger partial charge is 0.259 e. The first kappa shape index (κ1) is 17.7. The number of hydrogen-bond donors (Lipinski definition) is 1. The van der Waals surface area contributed by atoms with Crippen molar-refractivity contribution in [1.29, 1.82) is 0 Å². The molecule has 3 rings (SSSR count). The van der Waals surface area contributed by atoms with Crippen LogP contribution in [-0.4, -0.2) is 42.1 Å². The number of nitrogens with two attached hydrogens (primary N) is 1. The van der Waals surface area contributed by atoms with Crippen LogP contribution >= 0.6 is 0 Å². The Morgan fingerprint density at radius 1 is 1.17 bits per heavy atom. The Bertz CT molecular complexity index is 479. The first-order valence-electron chi connectivity index (χ1n) is 9.75. The number of hydrogen-bond acceptors (Lipinski definition) is 4. The topological polar surface area (TPSA) is 67.9 Å². The summed E-state index contributed by atoms with van der Waals surface area (Å²) in [5, 5.41) is 0. The average Bonchev–Trinajstić information content (AvgIpc) is 2.80. The highest BCUT2D eigenvalue weighted by atomic mass is 16.5. The van der Waals surface area contributed by atoms with Crippen LogP contribution in [-0.2, 0) is 9.53 Å². The Morgan fingerprint density at radius 3 is 2.42 bits per heavy atom. The molecular formula is C19H33N3O2. The van der Waals surface area contributed by atoms with E-state index in [1.807, 2.05) is 0 Å². The van der Waals surface area contributed by atoms with Gasteiger partial charge in [0.15, 0.2) is 11.5 Å². The largest absolute Gasteiger partial charge is 0.375 e. The third-order valence-corrected chi connectivity index (χ3v) is 6.25. The lowest BCUT2D eigenvalue weighted by Gasteiger charge is -2.33. The van der Waals surface area contributed by atoms with Crippen molar-refractivity contribution < 1.29 is 9.53 Å². The summed E-state index contributed by atoms with van der Waals surface area (Å²) >= 11 is 0. The number of ether oxygens (including phenoxy) is 1. The zero-order valence-electron chi connectivity index (χ0n) is 15.3. The zero-order chi connectivity index (χ0) is 17.2. The van der Waals surface area contributed by atoms with E-state index in [0.29, 0.717) is 18.5 Å². The standard InChI is InChI=1S/C19H33N3O2/c1-14-8-10-16(11-9-14)24-13-19(12-15-6-4-3-5-7-15)17(23)22(2)18(20)21-19/h14-16H,3-13H2,1-2H3,(H2,20,21). The van der Waals surface area contributed by atoms with Crippen LogP contribution in [0.3, 0.4) is 0 Å². The fourth-order valence-corrected chi connectivity index (χ4v) is 4.56. The maximum atomic E-state index is 12.9. The first-order chi connectivity index (χ1) is 11.5.